The number of likely N-dealkylation sites (N-methyl/N-ethyl adjacent to an activating group) is 3. The van der Waals surface area contributed by atoms with Crippen molar-refractivity contribution >= 4 is 69.3 Å². The Morgan fingerprint density at radius 2 is 1.85 bits per heavy atom. The molecule has 0 aliphatic rings. The van der Waals surface area contributed by atoms with Crippen molar-refractivity contribution in [1.82, 2.24) is 25.2 Å². The van der Waals surface area contributed by atoms with Crippen molar-refractivity contribution in [2.24, 2.45) is 5.92 Å². The van der Waals surface area contributed by atoms with Crippen molar-refractivity contribution in [2.75, 3.05) is 63.9 Å². The number of nitrogens with one attached hydrogen (secondary N) is 4. The standard InChI is InChI=1S/C31H41ClN8O2.C2H2ClFO/c1-19(2)14-26(33-3)30(41)36-24-15-25(28(42-7)16-27(24)40(6)13-12-39(4)5)37-31-35-18-22(32)29(38-31)21-17-34-23-11-9-8-10-20(21)23;3-2(4)1-5/h8-11,15-19,26,33-34H,12-14H2,1-7H3,(H,36,41)(H,35,37,38);1-2H/t26-;/m0./s1. The van der Waals surface area contributed by atoms with E-state index in [9.17, 15) is 9.18 Å². The zero-order valence-corrected chi connectivity index (χ0v) is 29.2. The minimum absolute atomic E-state index is 0.0154. The summed E-state index contributed by atoms with van der Waals surface area (Å²) in [6, 6.07) is 11.4. The number of aromatic nitrogens is 3. The quantitative estimate of drug-likeness (QED) is 0.0889. The van der Waals surface area contributed by atoms with Crippen LogP contribution in [0.2, 0.25) is 5.02 Å². The number of benzene rings is 2. The van der Waals surface area contributed by atoms with Crippen molar-refractivity contribution in [3.63, 3.8) is 0 Å². The minimum atomic E-state index is -1.82. The molecule has 47 heavy (non-hydrogen) atoms. The molecule has 1 amide bonds. The van der Waals surface area contributed by atoms with Crippen LogP contribution in [0.25, 0.3) is 22.2 Å². The fraction of sp³-hybridized carbons (Fsp3) is 0.394. The highest BCUT2D eigenvalue weighted by Gasteiger charge is 2.22. The fourth-order valence-electron chi connectivity index (χ4n) is 4.77. The van der Waals surface area contributed by atoms with Gasteiger partial charge in [0.2, 0.25) is 17.5 Å². The average Bonchev–Trinajstić information content (AvgIpc) is 3.47. The topological polar surface area (TPSA) is 128 Å². The van der Waals surface area contributed by atoms with E-state index < -0.39 is 5.63 Å². The van der Waals surface area contributed by atoms with Gasteiger partial charge in [0.15, 0.2) is 6.29 Å². The second kappa shape index (κ2) is 17.8. The molecule has 14 heteroatoms. The Hall–Kier alpha value is -3.97. The summed E-state index contributed by atoms with van der Waals surface area (Å²) < 4.78 is 16.6. The number of ether oxygens (including phenoxy) is 1. The van der Waals surface area contributed by atoms with Gasteiger partial charge in [0.1, 0.15) is 5.75 Å². The number of H-pyrrole nitrogens is 1. The molecule has 0 fully saturated rings. The second-order valence-corrected chi connectivity index (χ2v) is 12.3. The molecule has 2 atom stereocenters. The van der Waals surface area contributed by atoms with E-state index in [2.05, 4.69) is 61.2 Å². The van der Waals surface area contributed by atoms with E-state index in [0.29, 0.717) is 46.1 Å². The lowest BCUT2D eigenvalue weighted by Crippen LogP contribution is -2.39. The number of methoxy groups -OCH3 is 1. The molecule has 2 aromatic heterocycles. The number of alkyl halides is 2. The van der Waals surface area contributed by atoms with E-state index in [-0.39, 0.29) is 18.2 Å². The first kappa shape index (κ1) is 37.5. The Labute approximate surface area is 285 Å². The Balaban J connectivity index is 0.00000111. The molecule has 0 aliphatic heterocycles. The number of nitrogens with zero attached hydrogens (tertiary/aromatic N) is 4. The zero-order valence-electron chi connectivity index (χ0n) is 27.7. The lowest BCUT2D eigenvalue weighted by molar-refractivity contribution is -0.118. The largest absolute Gasteiger partial charge is 0.494 e. The molecule has 4 N–H and O–H groups in total. The zero-order chi connectivity index (χ0) is 34.7. The van der Waals surface area contributed by atoms with Gasteiger partial charge in [-0.25, -0.2) is 14.4 Å². The smallest absolute Gasteiger partial charge is 0.241 e. The molecule has 2 aromatic carbocycles. The number of hydrogen-bond acceptors (Lipinski definition) is 9. The average molecular weight is 690 g/mol. The third kappa shape index (κ3) is 10.5. The van der Waals surface area contributed by atoms with Crippen molar-refractivity contribution < 1.29 is 18.7 Å². The maximum Gasteiger partial charge on any atom is 0.241 e. The molecule has 2 heterocycles. The molecule has 254 valence electrons. The highest BCUT2D eigenvalue weighted by molar-refractivity contribution is 6.33. The number of anilines is 4. The molecule has 0 aliphatic carbocycles. The number of aldehydes is 1. The van der Waals surface area contributed by atoms with Crippen LogP contribution in [0.3, 0.4) is 0 Å². The highest BCUT2D eigenvalue weighted by Crippen LogP contribution is 2.39. The van der Waals surface area contributed by atoms with Crippen molar-refractivity contribution in [3.05, 3.63) is 53.8 Å². The van der Waals surface area contributed by atoms with Gasteiger partial charge in [0.25, 0.3) is 0 Å². The van der Waals surface area contributed by atoms with Crippen LogP contribution in [-0.2, 0) is 9.59 Å². The van der Waals surface area contributed by atoms with E-state index in [1.54, 1.807) is 20.4 Å². The number of rotatable bonds is 14. The van der Waals surface area contributed by atoms with Crippen molar-refractivity contribution in [1.29, 1.82) is 0 Å². The maximum absolute atomic E-state index is 13.4. The van der Waals surface area contributed by atoms with Crippen molar-refractivity contribution in [3.8, 4) is 17.0 Å². The number of para-hydroxylation sites is 1. The molecule has 1 unspecified atom stereocenters. The van der Waals surface area contributed by atoms with E-state index in [1.165, 1.54) is 0 Å². The summed E-state index contributed by atoms with van der Waals surface area (Å²) in [7, 11) is 9.48. The molecule has 4 aromatic rings. The number of aromatic amines is 1. The van der Waals surface area contributed by atoms with Gasteiger partial charge in [-0.1, -0.05) is 55.2 Å². The van der Waals surface area contributed by atoms with Crippen LogP contribution in [0.5, 0.6) is 5.75 Å². The summed E-state index contributed by atoms with van der Waals surface area (Å²) in [6.07, 6.45) is 4.20. The number of carbonyl (C=O) groups excluding carboxylic acids is 2. The molecule has 0 saturated heterocycles. The summed E-state index contributed by atoms with van der Waals surface area (Å²) in [5.74, 6) is 1.18. The van der Waals surface area contributed by atoms with Crippen LogP contribution in [0, 0.1) is 5.92 Å². The maximum atomic E-state index is 13.4. The number of halogens is 3. The predicted molar refractivity (Wildman–Crippen MR) is 190 cm³/mol. The van der Waals surface area contributed by atoms with Gasteiger partial charge in [0.05, 0.1) is 47.1 Å². The van der Waals surface area contributed by atoms with Gasteiger partial charge in [-0.05, 0) is 45.6 Å². The Morgan fingerprint density at radius 1 is 1.15 bits per heavy atom. The number of fused-ring (bicyclic) bond motifs is 1. The van der Waals surface area contributed by atoms with Gasteiger partial charge >= 0.3 is 0 Å². The Kier molecular flexibility index (Phi) is 14.2. The van der Waals surface area contributed by atoms with E-state index in [1.807, 2.05) is 63.7 Å². The van der Waals surface area contributed by atoms with Gasteiger partial charge < -0.3 is 35.5 Å². The molecular weight excluding hydrogens is 646 g/mol. The molecule has 0 saturated carbocycles. The van der Waals surface area contributed by atoms with Gasteiger partial charge in [-0.15, -0.1) is 0 Å². The predicted octanol–water partition coefficient (Wildman–Crippen LogP) is 6.32. The molecule has 0 radical (unpaired) electrons. The van der Waals surface area contributed by atoms with Gasteiger partial charge in [-0.3, -0.25) is 9.59 Å². The first-order valence-corrected chi connectivity index (χ1v) is 15.8. The van der Waals surface area contributed by atoms with Gasteiger partial charge in [0, 0.05) is 48.9 Å². The SMILES string of the molecule is CN[C@@H](CC(C)C)C(=O)Nc1cc(Nc2ncc(Cl)c(-c3c[nH]c4ccccc34)n2)c(OC)cc1N(C)CCN(C)C.O=CC(F)Cl. The van der Waals surface area contributed by atoms with Crippen LogP contribution in [0.4, 0.5) is 27.4 Å². The third-order valence-electron chi connectivity index (χ3n) is 7.18. The Bertz CT molecular complexity index is 1630. The van der Waals surface area contributed by atoms with Gasteiger partial charge in [-0.2, -0.15) is 0 Å². The van der Waals surface area contributed by atoms with Crippen LogP contribution in [0.1, 0.15) is 20.3 Å². The number of carbonyl (C=O) groups is 2. The lowest BCUT2D eigenvalue weighted by Gasteiger charge is -2.27. The summed E-state index contributed by atoms with van der Waals surface area (Å²) >= 11 is 11.0. The van der Waals surface area contributed by atoms with Crippen molar-refractivity contribution in [2.45, 2.75) is 31.9 Å². The molecule has 11 nitrogen and oxygen atoms in total. The summed E-state index contributed by atoms with van der Waals surface area (Å²) in [4.78, 5) is 39.1. The first-order chi connectivity index (χ1) is 22.4. The number of amides is 1. The van der Waals surface area contributed by atoms with Crippen LogP contribution >= 0.6 is 23.2 Å². The monoisotopic (exact) mass is 688 g/mol. The molecule has 0 bridgehead atoms. The second-order valence-electron chi connectivity index (χ2n) is 11.5. The summed E-state index contributed by atoms with van der Waals surface area (Å²) in [5.41, 5.74) is 2.74. The summed E-state index contributed by atoms with van der Waals surface area (Å²) in [5, 5.41) is 11.1. The molecule has 0 spiro atoms. The fourth-order valence-corrected chi connectivity index (χ4v) is 4.97. The first-order valence-electron chi connectivity index (χ1n) is 15.0. The van der Waals surface area contributed by atoms with E-state index in [4.69, 9.17) is 26.1 Å². The van der Waals surface area contributed by atoms with E-state index >= 15 is 0 Å². The Morgan fingerprint density at radius 3 is 2.47 bits per heavy atom. The molecule has 4 rings (SSSR count). The normalized spacial score (nSPS) is 12.3. The highest BCUT2D eigenvalue weighted by atomic mass is 35.5. The van der Waals surface area contributed by atoms with Crippen LogP contribution < -0.4 is 25.6 Å². The third-order valence-corrected chi connectivity index (χ3v) is 7.56. The van der Waals surface area contributed by atoms with E-state index in [0.717, 1.165) is 35.2 Å². The number of hydrogen-bond donors (Lipinski definition) is 4. The van der Waals surface area contributed by atoms with Crippen LogP contribution in [0.15, 0.2) is 48.8 Å². The molecular formula is C33H43Cl2FN8O3. The lowest BCUT2D eigenvalue weighted by atomic mass is 10.0. The minimum Gasteiger partial charge on any atom is -0.494 e. The summed E-state index contributed by atoms with van der Waals surface area (Å²) in [6.45, 7) is 5.80. The van der Waals surface area contributed by atoms with Crippen LogP contribution in [-0.4, -0.2) is 92.1 Å².